The predicted molar refractivity (Wildman–Crippen MR) is 41.8 cm³/mol. The lowest BCUT2D eigenvalue weighted by atomic mass is 10.1. The summed E-state index contributed by atoms with van der Waals surface area (Å²) < 4.78 is 0. The Bertz CT molecular complexity index is 207. The summed E-state index contributed by atoms with van der Waals surface area (Å²) in [6, 6.07) is 8.36. The minimum absolute atomic E-state index is 1.02. The van der Waals surface area contributed by atoms with Gasteiger partial charge < -0.3 is 5.43 Å². The molecule has 10 heavy (non-hydrogen) atoms. The van der Waals surface area contributed by atoms with Crippen LogP contribution in [0.4, 0.5) is 5.69 Å². The number of para-hydroxylation sites is 1. The maximum Gasteiger partial charge on any atom is 0.0520 e. The van der Waals surface area contributed by atoms with Gasteiger partial charge in [0.05, 0.1) is 5.69 Å². The summed E-state index contributed by atoms with van der Waals surface area (Å²) in [5.41, 5.74) is 8.82. The minimum atomic E-state index is 1.02. The van der Waals surface area contributed by atoms with E-state index < -0.39 is 0 Å². The molecular weight excluding hydrogens is 124 g/mol. The molecule has 1 aliphatic heterocycles. The minimum Gasteiger partial charge on any atom is -0.321 e. The molecule has 0 spiro atoms. The molecule has 52 valence electrons. The summed E-state index contributed by atoms with van der Waals surface area (Å²) in [5, 5.41) is 0. The standard InChI is InChI=1S/C8H10N2/c1-2-4-8-7(3-1)5-6-9-10-8/h1-4,9-10H,5-6H2. The zero-order valence-corrected chi connectivity index (χ0v) is 5.72. The molecule has 2 rings (SSSR count). The van der Waals surface area contributed by atoms with Crippen molar-refractivity contribution in [3.8, 4) is 0 Å². The lowest BCUT2D eigenvalue weighted by Gasteiger charge is -2.17. The van der Waals surface area contributed by atoms with Crippen LogP contribution in [0.5, 0.6) is 0 Å². The summed E-state index contributed by atoms with van der Waals surface area (Å²) in [5.74, 6) is 0. The first-order valence-electron chi connectivity index (χ1n) is 3.53. The second-order valence-corrected chi connectivity index (χ2v) is 2.46. The molecule has 1 aromatic carbocycles. The van der Waals surface area contributed by atoms with Crippen LogP contribution < -0.4 is 10.9 Å². The molecule has 2 nitrogen and oxygen atoms in total. The first kappa shape index (κ1) is 5.74. The Morgan fingerprint density at radius 1 is 1.20 bits per heavy atom. The number of hydrogen-bond acceptors (Lipinski definition) is 2. The predicted octanol–water partition coefficient (Wildman–Crippen LogP) is 1.16. The largest absolute Gasteiger partial charge is 0.321 e. The van der Waals surface area contributed by atoms with Gasteiger partial charge in [0.15, 0.2) is 0 Å². The van der Waals surface area contributed by atoms with Crippen molar-refractivity contribution in [1.82, 2.24) is 5.43 Å². The normalized spacial score (nSPS) is 15.6. The molecule has 0 saturated carbocycles. The zero-order chi connectivity index (χ0) is 6.81. The van der Waals surface area contributed by atoms with Gasteiger partial charge in [0.1, 0.15) is 0 Å². The highest BCUT2D eigenvalue weighted by molar-refractivity contribution is 5.51. The van der Waals surface area contributed by atoms with E-state index in [2.05, 4.69) is 29.1 Å². The highest BCUT2D eigenvalue weighted by Gasteiger charge is 2.04. The van der Waals surface area contributed by atoms with Crippen LogP contribution in [-0.4, -0.2) is 6.54 Å². The van der Waals surface area contributed by atoms with Crippen LogP contribution in [0, 0.1) is 0 Å². The van der Waals surface area contributed by atoms with E-state index in [1.807, 2.05) is 6.07 Å². The Kier molecular flexibility index (Phi) is 1.32. The quantitative estimate of drug-likeness (QED) is 0.556. The zero-order valence-electron chi connectivity index (χ0n) is 5.72. The Hall–Kier alpha value is -1.02. The molecule has 0 aliphatic carbocycles. The third-order valence-corrected chi connectivity index (χ3v) is 1.76. The van der Waals surface area contributed by atoms with Crippen LogP contribution in [0.25, 0.3) is 0 Å². The van der Waals surface area contributed by atoms with Gasteiger partial charge in [-0.1, -0.05) is 18.2 Å². The highest BCUT2D eigenvalue weighted by Crippen LogP contribution is 2.16. The van der Waals surface area contributed by atoms with E-state index in [1.54, 1.807) is 0 Å². The number of benzene rings is 1. The molecule has 0 saturated heterocycles. The van der Waals surface area contributed by atoms with Gasteiger partial charge in [-0.2, -0.15) is 0 Å². The van der Waals surface area contributed by atoms with Crippen LogP contribution in [0.15, 0.2) is 24.3 Å². The van der Waals surface area contributed by atoms with Crippen molar-refractivity contribution in [2.75, 3.05) is 12.0 Å². The third-order valence-electron chi connectivity index (χ3n) is 1.76. The number of hydrazine groups is 1. The fourth-order valence-corrected chi connectivity index (χ4v) is 1.22. The summed E-state index contributed by atoms with van der Waals surface area (Å²) in [6.07, 6.45) is 1.13. The number of hydrogen-bond donors (Lipinski definition) is 2. The van der Waals surface area contributed by atoms with E-state index in [1.165, 1.54) is 11.3 Å². The Balaban J connectivity index is 2.41. The Morgan fingerprint density at radius 2 is 2.10 bits per heavy atom. The topological polar surface area (TPSA) is 24.1 Å². The molecule has 0 unspecified atom stereocenters. The molecule has 0 radical (unpaired) electrons. The second-order valence-electron chi connectivity index (χ2n) is 2.46. The van der Waals surface area contributed by atoms with E-state index in [9.17, 15) is 0 Å². The summed E-state index contributed by atoms with van der Waals surface area (Å²) in [6.45, 7) is 1.02. The first-order valence-corrected chi connectivity index (χ1v) is 3.53. The SMILES string of the molecule is c1ccc2c(c1)CCNN2. The molecule has 1 aliphatic rings. The molecule has 2 N–H and O–H groups in total. The lowest BCUT2D eigenvalue weighted by Crippen LogP contribution is -2.29. The molecular formula is C8H10N2. The molecule has 2 heteroatoms. The molecule has 1 heterocycles. The second kappa shape index (κ2) is 2.31. The maximum absolute atomic E-state index is 3.11. The summed E-state index contributed by atoms with van der Waals surface area (Å²) >= 11 is 0. The van der Waals surface area contributed by atoms with E-state index >= 15 is 0 Å². The smallest absolute Gasteiger partial charge is 0.0520 e. The van der Waals surface area contributed by atoms with Gasteiger partial charge in [-0.25, -0.2) is 5.43 Å². The molecule has 0 bridgehead atoms. The number of anilines is 1. The van der Waals surface area contributed by atoms with Crippen molar-refractivity contribution in [2.45, 2.75) is 6.42 Å². The van der Waals surface area contributed by atoms with Crippen LogP contribution in [0.2, 0.25) is 0 Å². The van der Waals surface area contributed by atoms with Gasteiger partial charge in [-0.05, 0) is 18.1 Å². The van der Waals surface area contributed by atoms with Crippen LogP contribution in [0.1, 0.15) is 5.56 Å². The molecule has 0 amide bonds. The third kappa shape index (κ3) is 0.866. The summed E-state index contributed by atoms with van der Waals surface area (Å²) in [4.78, 5) is 0. The van der Waals surface area contributed by atoms with E-state index in [0.717, 1.165) is 13.0 Å². The molecule has 1 aromatic rings. The average molecular weight is 134 g/mol. The fourth-order valence-electron chi connectivity index (χ4n) is 1.22. The summed E-state index contributed by atoms with van der Waals surface area (Å²) in [7, 11) is 0. The van der Waals surface area contributed by atoms with Gasteiger partial charge in [0.2, 0.25) is 0 Å². The average Bonchev–Trinajstić information content (AvgIpc) is 2.05. The molecule has 0 fully saturated rings. The van der Waals surface area contributed by atoms with Crippen molar-refractivity contribution >= 4 is 5.69 Å². The Labute approximate surface area is 60.2 Å². The first-order chi connectivity index (χ1) is 4.97. The number of nitrogens with one attached hydrogen (secondary N) is 2. The van der Waals surface area contributed by atoms with Crippen LogP contribution in [-0.2, 0) is 6.42 Å². The van der Waals surface area contributed by atoms with E-state index in [-0.39, 0.29) is 0 Å². The van der Waals surface area contributed by atoms with Crippen molar-refractivity contribution in [3.05, 3.63) is 29.8 Å². The van der Waals surface area contributed by atoms with Crippen molar-refractivity contribution in [2.24, 2.45) is 0 Å². The van der Waals surface area contributed by atoms with Crippen LogP contribution >= 0.6 is 0 Å². The highest BCUT2D eigenvalue weighted by atomic mass is 15.4. The van der Waals surface area contributed by atoms with Crippen LogP contribution in [0.3, 0.4) is 0 Å². The van der Waals surface area contributed by atoms with Gasteiger partial charge in [0, 0.05) is 6.54 Å². The van der Waals surface area contributed by atoms with Gasteiger partial charge in [-0.15, -0.1) is 0 Å². The van der Waals surface area contributed by atoms with Crippen molar-refractivity contribution < 1.29 is 0 Å². The van der Waals surface area contributed by atoms with Crippen molar-refractivity contribution in [3.63, 3.8) is 0 Å². The lowest BCUT2D eigenvalue weighted by molar-refractivity contribution is 0.747. The van der Waals surface area contributed by atoms with E-state index in [4.69, 9.17) is 0 Å². The molecule has 0 aromatic heterocycles. The molecule has 0 atom stereocenters. The number of fused-ring (bicyclic) bond motifs is 1. The van der Waals surface area contributed by atoms with Crippen molar-refractivity contribution in [1.29, 1.82) is 0 Å². The fraction of sp³-hybridized carbons (Fsp3) is 0.250. The Morgan fingerprint density at radius 3 is 3.00 bits per heavy atom. The monoisotopic (exact) mass is 134 g/mol. The van der Waals surface area contributed by atoms with E-state index in [0.29, 0.717) is 0 Å². The maximum atomic E-state index is 3.11. The number of rotatable bonds is 0. The van der Waals surface area contributed by atoms with Gasteiger partial charge in [0.25, 0.3) is 0 Å². The van der Waals surface area contributed by atoms with Gasteiger partial charge >= 0.3 is 0 Å². The van der Waals surface area contributed by atoms with Gasteiger partial charge in [-0.3, -0.25) is 0 Å².